The zero-order valence-electron chi connectivity index (χ0n) is 8.69. The highest BCUT2D eigenvalue weighted by Gasteiger charge is 2.21. The fourth-order valence-electron chi connectivity index (χ4n) is 1.59. The first-order valence-corrected chi connectivity index (χ1v) is 4.68. The Balaban J connectivity index is 2.62. The summed E-state index contributed by atoms with van der Waals surface area (Å²) in [6.45, 7) is 2.02. The van der Waals surface area contributed by atoms with Crippen molar-refractivity contribution in [2.24, 2.45) is 0 Å². The molecule has 76 valence electrons. The molecule has 0 bridgehead atoms. The van der Waals surface area contributed by atoms with Crippen LogP contribution in [-0.2, 0) is 9.47 Å². The molecule has 1 aliphatic rings. The topological polar surface area (TPSA) is 21.7 Å². The van der Waals surface area contributed by atoms with Gasteiger partial charge in [-0.05, 0) is 13.5 Å². The van der Waals surface area contributed by atoms with E-state index in [-0.39, 0.29) is 12.2 Å². The van der Waals surface area contributed by atoms with E-state index < -0.39 is 0 Å². The third kappa shape index (κ3) is 3.10. The molecule has 0 spiro atoms. The molecule has 0 amide bonds. The Labute approximate surface area is 80.3 Å². The molecule has 0 saturated heterocycles. The Kier molecular flexibility index (Phi) is 4.42. The second-order valence-corrected chi connectivity index (χ2v) is 3.45. The summed E-state index contributed by atoms with van der Waals surface area (Å²) in [6, 6.07) is 0. The van der Waals surface area contributed by atoms with Gasteiger partial charge in [0.2, 0.25) is 0 Å². The van der Waals surface area contributed by atoms with Crippen LogP contribution in [0.5, 0.6) is 0 Å². The monoisotopic (exact) mass is 185 g/mol. The molecule has 0 saturated carbocycles. The van der Waals surface area contributed by atoms with Crippen molar-refractivity contribution >= 4 is 0 Å². The maximum atomic E-state index is 5.38. The second kappa shape index (κ2) is 5.37. The summed E-state index contributed by atoms with van der Waals surface area (Å²) in [5.41, 5.74) is 0. The Morgan fingerprint density at radius 1 is 1.31 bits per heavy atom. The molecule has 0 unspecified atom stereocenters. The van der Waals surface area contributed by atoms with Gasteiger partial charge in [-0.15, -0.1) is 0 Å². The maximum Gasteiger partial charge on any atom is 0.103 e. The first-order valence-electron chi connectivity index (χ1n) is 4.68. The average molecular weight is 185 g/mol. The zero-order chi connectivity index (χ0) is 9.68. The van der Waals surface area contributed by atoms with Gasteiger partial charge in [0.15, 0.2) is 0 Å². The lowest BCUT2D eigenvalue weighted by atomic mass is 10.1. The minimum absolute atomic E-state index is 0.0905. The molecule has 1 heterocycles. The first-order chi connectivity index (χ1) is 6.27. The summed E-state index contributed by atoms with van der Waals surface area (Å²) in [7, 11) is 5.57. The molecule has 13 heavy (non-hydrogen) atoms. The lowest BCUT2D eigenvalue weighted by Crippen LogP contribution is -2.40. The van der Waals surface area contributed by atoms with Crippen LogP contribution in [0.15, 0.2) is 12.2 Å². The summed E-state index contributed by atoms with van der Waals surface area (Å²) < 4.78 is 10.7. The van der Waals surface area contributed by atoms with Crippen LogP contribution in [0.1, 0.15) is 6.42 Å². The summed E-state index contributed by atoms with van der Waals surface area (Å²) in [5, 5.41) is 0. The Morgan fingerprint density at radius 3 is 2.69 bits per heavy atom. The normalized spacial score (nSPS) is 33.8. The highest BCUT2D eigenvalue weighted by molar-refractivity contribution is 4.96. The van der Waals surface area contributed by atoms with Gasteiger partial charge in [-0.3, -0.25) is 0 Å². The van der Waals surface area contributed by atoms with Gasteiger partial charge in [0.05, 0.1) is 6.10 Å². The highest BCUT2D eigenvalue weighted by atomic mass is 16.5. The minimum Gasteiger partial charge on any atom is -0.377 e. The molecule has 0 aromatic rings. The van der Waals surface area contributed by atoms with Crippen molar-refractivity contribution in [1.82, 2.24) is 4.90 Å². The van der Waals surface area contributed by atoms with E-state index in [0.29, 0.717) is 0 Å². The molecule has 1 aliphatic heterocycles. The summed E-state index contributed by atoms with van der Waals surface area (Å²) in [5.74, 6) is 0. The van der Waals surface area contributed by atoms with Gasteiger partial charge in [-0.1, -0.05) is 12.2 Å². The fourth-order valence-corrected chi connectivity index (χ4v) is 1.59. The molecular formula is C10H19NO2. The second-order valence-electron chi connectivity index (χ2n) is 3.45. The first kappa shape index (κ1) is 10.7. The van der Waals surface area contributed by atoms with E-state index in [1.54, 1.807) is 14.2 Å². The number of hydrogen-bond acceptors (Lipinski definition) is 3. The Hall–Kier alpha value is -0.380. The van der Waals surface area contributed by atoms with E-state index in [1.807, 2.05) is 0 Å². The Morgan fingerprint density at radius 2 is 2.08 bits per heavy atom. The van der Waals surface area contributed by atoms with Crippen LogP contribution < -0.4 is 0 Å². The molecule has 0 aliphatic carbocycles. The summed E-state index contributed by atoms with van der Waals surface area (Å²) in [4.78, 5) is 2.27. The standard InChI is InChI=1S/C10H19NO2/c1-11-7-5-4-6-9(12-2)10(8-11)13-3/h4,6,9-10H,5,7-8H2,1-3H3/b6-4-/t9-,10-/m0/s1. The molecule has 0 fully saturated rings. The molecule has 0 N–H and O–H groups in total. The predicted octanol–water partition coefficient (Wildman–Crippen LogP) is 0.908. The highest BCUT2D eigenvalue weighted by Crippen LogP contribution is 2.09. The molecule has 0 radical (unpaired) electrons. The van der Waals surface area contributed by atoms with Crippen LogP contribution in [0.3, 0.4) is 0 Å². The number of rotatable bonds is 2. The number of methoxy groups -OCH3 is 2. The van der Waals surface area contributed by atoms with Gasteiger partial charge >= 0.3 is 0 Å². The maximum absolute atomic E-state index is 5.38. The fraction of sp³-hybridized carbons (Fsp3) is 0.800. The van der Waals surface area contributed by atoms with Crippen LogP contribution in [-0.4, -0.2) is 51.5 Å². The minimum atomic E-state index is 0.0905. The molecule has 2 atom stereocenters. The van der Waals surface area contributed by atoms with Crippen molar-refractivity contribution in [3.05, 3.63) is 12.2 Å². The summed E-state index contributed by atoms with van der Waals surface area (Å²) in [6.07, 6.45) is 5.59. The SMILES string of the molecule is CO[C@H]1/C=C\CCN(C)C[C@@H]1OC. The quantitative estimate of drug-likeness (QED) is 0.597. The van der Waals surface area contributed by atoms with Gasteiger partial charge < -0.3 is 14.4 Å². The predicted molar refractivity (Wildman–Crippen MR) is 52.8 cm³/mol. The molecule has 3 heteroatoms. The van der Waals surface area contributed by atoms with Crippen molar-refractivity contribution in [3.8, 4) is 0 Å². The van der Waals surface area contributed by atoms with E-state index in [9.17, 15) is 0 Å². The van der Waals surface area contributed by atoms with E-state index in [0.717, 1.165) is 19.5 Å². The lowest BCUT2D eigenvalue weighted by molar-refractivity contribution is -0.0268. The van der Waals surface area contributed by atoms with Gasteiger partial charge in [-0.25, -0.2) is 0 Å². The number of hydrogen-bond donors (Lipinski definition) is 0. The van der Waals surface area contributed by atoms with Gasteiger partial charge in [0, 0.05) is 27.3 Å². The van der Waals surface area contributed by atoms with E-state index in [1.165, 1.54) is 0 Å². The van der Waals surface area contributed by atoms with E-state index >= 15 is 0 Å². The van der Waals surface area contributed by atoms with Crippen molar-refractivity contribution in [3.63, 3.8) is 0 Å². The zero-order valence-corrected chi connectivity index (χ0v) is 8.69. The van der Waals surface area contributed by atoms with Gasteiger partial charge in [0.1, 0.15) is 6.10 Å². The molecular weight excluding hydrogens is 166 g/mol. The van der Waals surface area contributed by atoms with E-state index in [4.69, 9.17) is 9.47 Å². The third-order valence-corrected chi connectivity index (χ3v) is 2.44. The Bertz CT molecular complexity index is 170. The average Bonchev–Trinajstić information content (AvgIpc) is 2.11. The largest absolute Gasteiger partial charge is 0.377 e. The van der Waals surface area contributed by atoms with E-state index in [2.05, 4.69) is 24.1 Å². The molecule has 0 aromatic carbocycles. The number of ether oxygens (including phenoxy) is 2. The molecule has 3 nitrogen and oxygen atoms in total. The molecule has 0 aromatic heterocycles. The number of likely N-dealkylation sites (N-methyl/N-ethyl adjacent to an activating group) is 1. The van der Waals surface area contributed by atoms with Crippen LogP contribution in [0, 0.1) is 0 Å². The summed E-state index contributed by atoms with van der Waals surface area (Å²) >= 11 is 0. The van der Waals surface area contributed by atoms with Crippen molar-refractivity contribution in [2.75, 3.05) is 34.4 Å². The van der Waals surface area contributed by atoms with Crippen molar-refractivity contribution < 1.29 is 9.47 Å². The van der Waals surface area contributed by atoms with Crippen LogP contribution >= 0.6 is 0 Å². The molecule has 1 rings (SSSR count). The van der Waals surface area contributed by atoms with Crippen molar-refractivity contribution in [1.29, 1.82) is 0 Å². The number of nitrogens with zero attached hydrogens (tertiary/aromatic N) is 1. The third-order valence-electron chi connectivity index (χ3n) is 2.44. The van der Waals surface area contributed by atoms with Crippen LogP contribution in [0.4, 0.5) is 0 Å². The lowest BCUT2D eigenvalue weighted by Gasteiger charge is -2.28. The van der Waals surface area contributed by atoms with Gasteiger partial charge in [0.25, 0.3) is 0 Å². The van der Waals surface area contributed by atoms with Crippen LogP contribution in [0.25, 0.3) is 0 Å². The van der Waals surface area contributed by atoms with Crippen LogP contribution in [0.2, 0.25) is 0 Å². The van der Waals surface area contributed by atoms with Gasteiger partial charge in [-0.2, -0.15) is 0 Å². The van der Waals surface area contributed by atoms with Crippen molar-refractivity contribution in [2.45, 2.75) is 18.6 Å². The smallest absolute Gasteiger partial charge is 0.103 e.